The van der Waals surface area contributed by atoms with Crippen molar-refractivity contribution in [2.75, 3.05) is 19.8 Å². The lowest BCUT2D eigenvalue weighted by Crippen LogP contribution is -2.49. The van der Waals surface area contributed by atoms with Crippen LogP contribution in [0.15, 0.2) is 48.5 Å². The van der Waals surface area contributed by atoms with Crippen molar-refractivity contribution < 1.29 is 9.53 Å². The molecule has 1 amide bonds. The van der Waals surface area contributed by atoms with Gasteiger partial charge in [-0.2, -0.15) is 0 Å². The van der Waals surface area contributed by atoms with Gasteiger partial charge in [-0.1, -0.05) is 48.9 Å². The summed E-state index contributed by atoms with van der Waals surface area (Å²) in [4.78, 5) is 18.1. The minimum Gasteiger partial charge on any atom is -0.381 e. The summed E-state index contributed by atoms with van der Waals surface area (Å²) >= 11 is 8.15. The molecule has 6 heteroatoms. The quantitative estimate of drug-likeness (QED) is 0.644. The molecule has 2 heterocycles. The molecule has 4 nitrogen and oxygen atoms in total. The summed E-state index contributed by atoms with van der Waals surface area (Å²) in [6.07, 6.45) is 1.27. The van der Waals surface area contributed by atoms with Crippen molar-refractivity contribution in [3.8, 4) is 0 Å². The maximum atomic E-state index is 13.3. The number of rotatable bonds is 5. The Balaban J connectivity index is 1.52. The number of amides is 1. The molecule has 0 saturated carbocycles. The molecule has 3 aromatic rings. The fraction of sp³-hybridized carbons (Fsp3) is 0.364. The van der Waals surface area contributed by atoms with E-state index in [0.717, 1.165) is 16.1 Å². The molecule has 1 atom stereocenters. The number of nitrogens with zero attached hydrogens (tertiary/aromatic N) is 1. The van der Waals surface area contributed by atoms with E-state index in [1.165, 1.54) is 4.70 Å². The number of carbonyl (C=O) groups excluding carboxylic acids is 1. The van der Waals surface area contributed by atoms with Crippen LogP contribution in [-0.4, -0.2) is 30.6 Å². The Morgan fingerprint density at radius 2 is 1.93 bits per heavy atom. The highest BCUT2D eigenvalue weighted by atomic mass is 35.5. The molecule has 0 radical (unpaired) electrons. The van der Waals surface area contributed by atoms with Crippen LogP contribution in [0.25, 0.3) is 10.2 Å². The lowest BCUT2D eigenvalue weighted by Gasteiger charge is -2.37. The molecule has 0 spiro atoms. The van der Waals surface area contributed by atoms with Gasteiger partial charge in [0.25, 0.3) is 0 Å². The minimum atomic E-state index is -0.635. The maximum Gasteiger partial charge on any atom is 0.230 e. The second kappa shape index (κ2) is 8.19. The van der Waals surface area contributed by atoms with E-state index < -0.39 is 5.41 Å². The number of aromatic nitrogens is 1. The molecule has 146 valence electrons. The number of thiazole rings is 1. The average Bonchev–Trinajstić information content (AvgIpc) is 3.17. The zero-order valence-electron chi connectivity index (χ0n) is 15.8. The largest absolute Gasteiger partial charge is 0.381 e. The molecule has 1 aromatic heterocycles. The predicted octanol–water partition coefficient (Wildman–Crippen LogP) is 4.92. The van der Waals surface area contributed by atoms with Gasteiger partial charge in [-0.05, 0) is 36.6 Å². The number of benzene rings is 2. The smallest absolute Gasteiger partial charge is 0.230 e. The first kappa shape index (κ1) is 19.4. The van der Waals surface area contributed by atoms with Crippen LogP contribution in [0.5, 0.6) is 0 Å². The first-order chi connectivity index (χ1) is 13.6. The number of hydrogen-bond donors (Lipinski definition) is 1. The number of carbonyl (C=O) groups is 1. The van der Waals surface area contributed by atoms with Gasteiger partial charge in [0.15, 0.2) is 0 Å². The Hall–Kier alpha value is -1.95. The zero-order chi connectivity index (χ0) is 19.6. The van der Waals surface area contributed by atoms with Gasteiger partial charge < -0.3 is 10.1 Å². The van der Waals surface area contributed by atoms with Gasteiger partial charge in [0.2, 0.25) is 5.91 Å². The van der Waals surface area contributed by atoms with Gasteiger partial charge in [-0.15, -0.1) is 11.3 Å². The third-order valence-corrected chi connectivity index (χ3v) is 7.07. The predicted molar refractivity (Wildman–Crippen MR) is 114 cm³/mol. The summed E-state index contributed by atoms with van der Waals surface area (Å²) in [5.41, 5.74) is 1.27. The number of fused-ring (bicyclic) bond motifs is 1. The Bertz CT molecular complexity index is 948. The van der Waals surface area contributed by atoms with Crippen LogP contribution in [0, 0.1) is 0 Å². The molecular weight excluding hydrogens is 392 g/mol. The fourth-order valence-electron chi connectivity index (χ4n) is 3.79. The first-order valence-electron chi connectivity index (χ1n) is 9.57. The lowest BCUT2D eigenvalue weighted by atomic mass is 9.73. The van der Waals surface area contributed by atoms with E-state index in [1.54, 1.807) is 11.3 Å². The van der Waals surface area contributed by atoms with Crippen molar-refractivity contribution in [3.05, 3.63) is 64.1 Å². The Labute approximate surface area is 173 Å². The topological polar surface area (TPSA) is 51.2 Å². The summed E-state index contributed by atoms with van der Waals surface area (Å²) in [6, 6.07) is 15.8. The van der Waals surface area contributed by atoms with Crippen molar-refractivity contribution >= 4 is 39.1 Å². The van der Waals surface area contributed by atoms with Crippen LogP contribution >= 0.6 is 22.9 Å². The fourth-order valence-corrected chi connectivity index (χ4v) is 5.13. The van der Waals surface area contributed by atoms with Gasteiger partial charge >= 0.3 is 0 Å². The van der Waals surface area contributed by atoms with E-state index in [4.69, 9.17) is 21.3 Å². The first-order valence-corrected chi connectivity index (χ1v) is 10.8. The Morgan fingerprint density at radius 1 is 1.21 bits per heavy atom. The van der Waals surface area contributed by atoms with Crippen LogP contribution in [0.4, 0.5) is 0 Å². The summed E-state index contributed by atoms with van der Waals surface area (Å²) in [7, 11) is 0. The van der Waals surface area contributed by atoms with E-state index >= 15 is 0 Å². The van der Waals surface area contributed by atoms with E-state index in [1.807, 2.05) is 42.5 Å². The Kier molecular flexibility index (Phi) is 5.67. The van der Waals surface area contributed by atoms with Gasteiger partial charge in [0.05, 0.1) is 20.6 Å². The highest BCUT2D eigenvalue weighted by Crippen LogP contribution is 2.39. The van der Waals surface area contributed by atoms with Crippen molar-refractivity contribution in [3.63, 3.8) is 0 Å². The minimum absolute atomic E-state index is 0.0249. The zero-order valence-corrected chi connectivity index (χ0v) is 17.4. The van der Waals surface area contributed by atoms with Gasteiger partial charge in [-0.3, -0.25) is 4.79 Å². The van der Waals surface area contributed by atoms with E-state index in [2.05, 4.69) is 18.3 Å². The monoisotopic (exact) mass is 414 g/mol. The number of para-hydroxylation sites is 1. The molecule has 4 rings (SSSR count). The molecule has 1 aliphatic rings. The van der Waals surface area contributed by atoms with Crippen LogP contribution in [0.3, 0.4) is 0 Å². The van der Waals surface area contributed by atoms with Crippen LogP contribution in [0.1, 0.15) is 36.3 Å². The highest BCUT2D eigenvalue weighted by molar-refractivity contribution is 7.18. The molecule has 1 N–H and O–H groups in total. The highest BCUT2D eigenvalue weighted by Gasteiger charge is 2.42. The van der Waals surface area contributed by atoms with Crippen molar-refractivity contribution in [2.45, 2.75) is 31.1 Å². The third kappa shape index (κ3) is 3.66. The molecule has 1 aliphatic heterocycles. The molecule has 28 heavy (non-hydrogen) atoms. The summed E-state index contributed by atoms with van der Waals surface area (Å²) in [6.45, 7) is 3.77. The normalized spacial score (nSPS) is 17.4. The average molecular weight is 415 g/mol. The summed E-state index contributed by atoms with van der Waals surface area (Å²) in [5.74, 6) is 0.168. The molecule has 1 fully saturated rings. The van der Waals surface area contributed by atoms with E-state index in [0.29, 0.717) is 37.6 Å². The SMILES string of the molecule is CC(CNC(=O)C1(c2ccccc2Cl)CCOCC1)c1nc2ccccc2s1. The second-order valence-electron chi connectivity index (χ2n) is 7.31. The number of ether oxygens (including phenoxy) is 1. The maximum absolute atomic E-state index is 13.3. The molecule has 1 unspecified atom stereocenters. The summed E-state index contributed by atoms with van der Waals surface area (Å²) in [5, 5.41) is 4.85. The van der Waals surface area contributed by atoms with E-state index in [9.17, 15) is 4.79 Å². The molecule has 0 aliphatic carbocycles. The Morgan fingerprint density at radius 3 is 2.68 bits per heavy atom. The van der Waals surface area contributed by atoms with Crippen molar-refractivity contribution in [1.29, 1.82) is 0 Å². The van der Waals surface area contributed by atoms with Crippen LogP contribution < -0.4 is 5.32 Å². The van der Waals surface area contributed by atoms with Crippen LogP contribution in [-0.2, 0) is 14.9 Å². The van der Waals surface area contributed by atoms with Crippen molar-refractivity contribution in [2.24, 2.45) is 0 Å². The molecule has 1 saturated heterocycles. The van der Waals surface area contributed by atoms with Crippen molar-refractivity contribution in [1.82, 2.24) is 10.3 Å². The van der Waals surface area contributed by atoms with Crippen LogP contribution in [0.2, 0.25) is 5.02 Å². The molecule has 2 aromatic carbocycles. The molecule has 0 bridgehead atoms. The van der Waals surface area contributed by atoms with Gasteiger partial charge in [0.1, 0.15) is 0 Å². The standard InChI is InChI=1S/C22H23ClN2O2S/c1-15(20-25-18-8-4-5-9-19(18)28-20)14-24-21(26)22(10-12-27-13-11-22)16-6-2-3-7-17(16)23/h2-9,15H,10-14H2,1H3,(H,24,26). The van der Waals surface area contributed by atoms with Gasteiger partial charge in [-0.25, -0.2) is 4.98 Å². The van der Waals surface area contributed by atoms with Gasteiger partial charge in [0, 0.05) is 30.7 Å². The molecular formula is C22H23ClN2O2S. The van der Waals surface area contributed by atoms with E-state index in [-0.39, 0.29) is 11.8 Å². The second-order valence-corrected chi connectivity index (χ2v) is 8.77. The third-order valence-electron chi connectivity index (χ3n) is 5.47. The number of halogens is 1. The number of nitrogens with one attached hydrogen (secondary N) is 1. The summed E-state index contributed by atoms with van der Waals surface area (Å²) < 4.78 is 6.71. The number of hydrogen-bond acceptors (Lipinski definition) is 4. The lowest BCUT2D eigenvalue weighted by molar-refractivity contribution is -0.130.